The molecule has 2 aromatic rings. The molecule has 0 bridgehead atoms. The van der Waals surface area contributed by atoms with Crippen LogP contribution < -0.4 is 5.32 Å². The highest BCUT2D eigenvalue weighted by atomic mass is 16.1. The smallest absolute Gasteiger partial charge is 0.255 e. The molecule has 1 N–H and O–H groups in total. The van der Waals surface area contributed by atoms with Crippen LogP contribution in [0.15, 0.2) is 30.3 Å². The quantitative estimate of drug-likeness (QED) is 0.851. The van der Waals surface area contributed by atoms with Crippen LogP contribution in [0.4, 0.5) is 0 Å². The van der Waals surface area contributed by atoms with Gasteiger partial charge in [-0.3, -0.25) is 9.48 Å². The number of aromatic nitrogens is 2. The molecule has 1 heterocycles. The molecule has 124 valence electrons. The van der Waals surface area contributed by atoms with Crippen LogP contribution in [0.5, 0.6) is 0 Å². The monoisotopic (exact) mass is 313 g/mol. The van der Waals surface area contributed by atoms with Gasteiger partial charge in [0.1, 0.15) is 0 Å². The van der Waals surface area contributed by atoms with E-state index in [0.717, 1.165) is 29.8 Å². The highest BCUT2D eigenvalue weighted by molar-refractivity contribution is 5.96. The zero-order chi connectivity index (χ0) is 16.8. The first-order valence-electron chi connectivity index (χ1n) is 8.47. The second kappa shape index (κ2) is 7.95. The van der Waals surface area contributed by atoms with Crippen molar-refractivity contribution in [3.05, 3.63) is 52.8 Å². The Morgan fingerprint density at radius 3 is 2.43 bits per heavy atom. The van der Waals surface area contributed by atoms with Crippen molar-refractivity contribution in [1.29, 1.82) is 0 Å². The lowest BCUT2D eigenvalue weighted by Crippen LogP contribution is -2.28. The molecule has 0 saturated heterocycles. The Hall–Kier alpha value is -2.10. The van der Waals surface area contributed by atoms with Crippen molar-refractivity contribution in [2.24, 2.45) is 5.92 Å². The average Bonchev–Trinajstić information content (AvgIpc) is 2.91. The molecule has 0 spiro atoms. The van der Waals surface area contributed by atoms with E-state index in [0.29, 0.717) is 19.0 Å². The molecule has 0 atom stereocenters. The Kier molecular flexibility index (Phi) is 5.97. The highest BCUT2D eigenvalue weighted by Crippen LogP contribution is 2.18. The van der Waals surface area contributed by atoms with E-state index in [9.17, 15) is 4.79 Å². The first kappa shape index (κ1) is 17.3. The molecule has 2 rings (SSSR count). The highest BCUT2D eigenvalue weighted by Gasteiger charge is 2.21. The summed E-state index contributed by atoms with van der Waals surface area (Å²) in [4.78, 5) is 12.6. The lowest BCUT2D eigenvalue weighted by Gasteiger charge is -2.10. The Morgan fingerprint density at radius 2 is 1.87 bits per heavy atom. The number of hydrogen-bond acceptors (Lipinski definition) is 2. The summed E-state index contributed by atoms with van der Waals surface area (Å²) in [5.41, 5.74) is 3.87. The molecular weight excluding hydrogens is 286 g/mol. The van der Waals surface area contributed by atoms with Crippen LogP contribution in [0.1, 0.15) is 55.0 Å². The summed E-state index contributed by atoms with van der Waals surface area (Å²) >= 11 is 0. The summed E-state index contributed by atoms with van der Waals surface area (Å²) in [6.45, 7) is 9.72. The second-order valence-electron chi connectivity index (χ2n) is 6.22. The Labute approximate surface area is 138 Å². The van der Waals surface area contributed by atoms with Crippen LogP contribution in [-0.4, -0.2) is 22.2 Å². The molecule has 4 nitrogen and oxygen atoms in total. The van der Waals surface area contributed by atoms with Gasteiger partial charge in [-0.1, -0.05) is 58.0 Å². The number of rotatable bonds is 7. The van der Waals surface area contributed by atoms with E-state index in [4.69, 9.17) is 5.10 Å². The SMILES string of the molecule is CCc1nn(Cc2ccccc2)c(CC)c1C(=O)NCC(C)C. The molecule has 0 saturated carbocycles. The zero-order valence-electron chi connectivity index (χ0n) is 14.6. The fourth-order valence-corrected chi connectivity index (χ4v) is 2.69. The molecule has 0 aliphatic rings. The summed E-state index contributed by atoms with van der Waals surface area (Å²) in [5, 5.41) is 7.73. The topological polar surface area (TPSA) is 46.9 Å². The molecule has 23 heavy (non-hydrogen) atoms. The molecule has 1 aromatic heterocycles. The van der Waals surface area contributed by atoms with Crippen molar-refractivity contribution in [2.45, 2.75) is 47.1 Å². The van der Waals surface area contributed by atoms with E-state index in [1.165, 1.54) is 5.56 Å². The lowest BCUT2D eigenvalue weighted by atomic mass is 10.1. The first-order chi connectivity index (χ1) is 11.1. The third kappa shape index (κ3) is 4.21. The largest absolute Gasteiger partial charge is 0.352 e. The molecule has 0 radical (unpaired) electrons. The summed E-state index contributed by atoms with van der Waals surface area (Å²) < 4.78 is 1.98. The number of benzene rings is 1. The number of nitrogens with one attached hydrogen (secondary N) is 1. The molecule has 0 fully saturated rings. The van der Waals surface area contributed by atoms with E-state index < -0.39 is 0 Å². The van der Waals surface area contributed by atoms with Crippen LogP contribution in [0.3, 0.4) is 0 Å². The van der Waals surface area contributed by atoms with Gasteiger partial charge in [-0.15, -0.1) is 0 Å². The number of carbonyl (C=O) groups excluding carboxylic acids is 1. The van der Waals surface area contributed by atoms with Crippen LogP contribution in [-0.2, 0) is 19.4 Å². The maximum absolute atomic E-state index is 12.6. The van der Waals surface area contributed by atoms with Crippen molar-refractivity contribution >= 4 is 5.91 Å². The number of amides is 1. The van der Waals surface area contributed by atoms with Crippen LogP contribution in [0.25, 0.3) is 0 Å². The lowest BCUT2D eigenvalue weighted by molar-refractivity contribution is 0.0947. The molecule has 1 amide bonds. The number of nitrogens with zero attached hydrogens (tertiary/aromatic N) is 2. The van der Waals surface area contributed by atoms with E-state index in [2.05, 4.69) is 38.2 Å². The van der Waals surface area contributed by atoms with Crippen molar-refractivity contribution in [2.75, 3.05) is 6.54 Å². The molecule has 0 aliphatic heterocycles. The number of carbonyl (C=O) groups is 1. The molecule has 4 heteroatoms. The van der Waals surface area contributed by atoms with E-state index in [-0.39, 0.29) is 5.91 Å². The van der Waals surface area contributed by atoms with Crippen molar-refractivity contribution in [1.82, 2.24) is 15.1 Å². The minimum Gasteiger partial charge on any atom is -0.352 e. The summed E-state index contributed by atoms with van der Waals surface area (Å²) in [6.07, 6.45) is 1.56. The van der Waals surface area contributed by atoms with Crippen molar-refractivity contribution in [3.8, 4) is 0 Å². The van der Waals surface area contributed by atoms with Crippen molar-refractivity contribution < 1.29 is 4.79 Å². The average molecular weight is 313 g/mol. The molecule has 0 unspecified atom stereocenters. The number of hydrogen-bond donors (Lipinski definition) is 1. The van der Waals surface area contributed by atoms with E-state index in [1.54, 1.807) is 0 Å². The Bertz CT molecular complexity index is 644. The maximum atomic E-state index is 12.6. The third-order valence-electron chi connectivity index (χ3n) is 3.87. The predicted octanol–water partition coefficient (Wildman–Crippen LogP) is 3.44. The van der Waals surface area contributed by atoms with Gasteiger partial charge in [0.05, 0.1) is 23.5 Å². The Morgan fingerprint density at radius 1 is 1.17 bits per heavy atom. The van der Waals surface area contributed by atoms with Gasteiger partial charge >= 0.3 is 0 Å². The first-order valence-corrected chi connectivity index (χ1v) is 8.47. The van der Waals surface area contributed by atoms with Gasteiger partial charge in [-0.2, -0.15) is 5.10 Å². The van der Waals surface area contributed by atoms with Gasteiger partial charge in [0.15, 0.2) is 0 Å². The fraction of sp³-hybridized carbons (Fsp3) is 0.474. The van der Waals surface area contributed by atoms with Gasteiger partial charge in [0, 0.05) is 6.54 Å². The van der Waals surface area contributed by atoms with Crippen LogP contribution >= 0.6 is 0 Å². The third-order valence-corrected chi connectivity index (χ3v) is 3.87. The summed E-state index contributed by atoms with van der Waals surface area (Å²) in [5.74, 6) is 0.445. The van der Waals surface area contributed by atoms with E-state index >= 15 is 0 Å². The second-order valence-corrected chi connectivity index (χ2v) is 6.22. The zero-order valence-corrected chi connectivity index (χ0v) is 14.6. The minimum atomic E-state index is 0.00621. The fourth-order valence-electron chi connectivity index (χ4n) is 2.69. The van der Waals surface area contributed by atoms with Crippen LogP contribution in [0, 0.1) is 5.92 Å². The minimum absolute atomic E-state index is 0.00621. The van der Waals surface area contributed by atoms with Gasteiger partial charge < -0.3 is 5.32 Å². The van der Waals surface area contributed by atoms with Gasteiger partial charge in [0.2, 0.25) is 0 Å². The van der Waals surface area contributed by atoms with Gasteiger partial charge in [-0.25, -0.2) is 0 Å². The van der Waals surface area contributed by atoms with Gasteiger partial charge in [0.25, 0.3) is 5.91 Å². The molecule has 1 aromatic carbocycles. The predicted molar refractivity (Wildman–Crippen MR) is 93.7 cm³/mol. The molecular formula is C19H27N3O. The molecule has 0 aliphatic carbocycles. The van der Waals surface area contributed by atoms with Crippen LogP contribution in [0.2, 0.25) is 0 Å². The Balaban J connectivity index is 2.32. The summed E-state index contributed by atoms with van der Waals surface area (Å²) in [6, 6.07) is 10.2. The number of aryl methyl sites for hydroxylation is 1. The van der Waals surface area contributed by atoms with E-state index in [1.807, 2.05) is 29.8 Å². The van der Waals surface area contributed by atoms with Gasteiger partial charge in [-0.05, 0) is 24.3 Å². The summed E-state index contributed by atoms with van der Waals surface area (Å²) in [7, 11) is 0. The normalized spacial score (nSPS) is 11.0. The standard InChI is InChI=1S/C19H27N3O/c1-5-16-18(19(23)20-12-14(3)4)17(6-2)22(21-16)13-15-10-8-7-9-11-15/h7-11,14H,5-6,12-13H2,1-4H3,(H,20,23). The van der Waals surface area contributed by atoms with Crippen molar-refractivity contribution in [3.63, 3.8) is 0 Å². The maximum Gasteiger partial charge on any atom is 0.255 e.